The maximum absolute atomic E-state index is 9.66. The average Bonchev–Trinajstić information content (AvgIpc) is 2.29. The van der Waals surface area contributed by atoms with E-state index in [2.05, 4.69) is 11.9 Å². The minimum absolute atomic E-state index is 0.373. The van der Waals surface area contributed by atoms with Gasteiger partial charge in [-0.2, -0.15) is 0 Å². The van der Waals surface area contributed by atoms with Crippen LogP contribution in [0.15, 0.2) is 0 Å². The third kappa shape index (κ3) is 4.37. The fraction of sp³-hybridized carbons (Fsp3) is 1.00. The molecule has 4 heteroatoms. The molecule has 1 atom stereocenters. The van der Waals surface area contributed by atoms with Crippen LogP contribution in [0.1, 0.15) is 25.7 Å². The van der Waals surface area contributed by atoms with Gasteiger partial charge in [0.15, 0.2) is 0 Å². The molecule has 1 saturated carbocycles. The second-order valence-corrected chi connectivity index (χ2v) is 4.96. The van der Waals surface area contributed by atoms with E-state index in [1.807, 2.05) is 0 Å². The van der Waals surface area contributed by atoms with Crippen molar-refractivity contribution in [1.82, 2.24) is 4.90 Å². The molecule has 0 bridgehead atoms. The van der Waals surface area contributed by atoms with Crippen molar-refractivity contribution in [3.05, 3.63) is 0 Å². The molecule has 0 aliphatic heterocycles. The molecule has 4 nitrogen and oxygen atoms in total. The van der Waals surface area contributed by atoms with Crippen LogP contribution in [0.2, 0.25) is 0 Å². The van der Waals surface area contributed by atoms with Crippen LogP contribution < -0.4 is 5.73 Å². The van der Waals surface area contributed by atoms with Gasteiger partial charge in [-0.25, -0.2) is 0 Å². The van der Waals surface area contributed by atoms with Crippen molar-refractivity contribution in [3.63, 3.8) is 0 Å². The summed E-state index contributed by atoms with van der Waals surface area (Å²) >= 11 is 0. The Bertz CT molecular complexity index is 182. The van der Waals surface area contributed by atoms with Gasteiger partial charge in [-0.15, -0.1) is 0 Å². The molecular weight excluding hydrogens is 204 g/mol. The van der Waals surface area contributed by atoms with Crippen molar-refractivity contribution in [3.8, 4) is 0 Å². The van der Waals surface area contributed by atoms with Crippen LogP contribution in [0, 0.1) is 5.92 Å². The molecule has 0 aromatic carbocycles. The Balaban J connectivity index is 2.24. The van der Waals surface area contributed by atoms with Gasteiger partial charge in [0.1, 0.15) is 0 Å². The summed E-state index contributed by atoms with van der Waals surface area (Å²) in [6, 6.07) is 0.606. The van der Waals surface area contributed by atoms with Gasteiger partial charge in [-0.1, -0.05) is 0 Å². The number of nitrogens with zero attached hydrogens (tertiary/aromatic N) is 1. The largest absolute Gasteiger partial charge is 0.389 e. The van der Waals surface area contributed by atoms with Crippen molar-refractivity contribution in [2.45, 2.75) is 37.8 Å². The number of aliphatic hydroxyl groups is 1. The summed E-state index contributed by atoms with van der Waals surface area (Å²) < 4.78 is 4.93. The minimum Gasteiger partial charge on any atom is -0.389 e. The molecule has 0 aromatic rings. The third-order valence-corrected chi connectivity index (χ3v) is 3.63. The number of ether oxygens (including phenoxy) is 1. The lowest BCUT2D eigenvalue weighted by Gasteiger charge is -2.35. The maximum atomic E-state index is 9.66. The van der Waals surface area contributed by atoms with E-state index >= 15 is 0 Å². The zero-order valence-corrected chi connectivity index (χ0v) is 10.6. The highest BCUT2D eigenvalue weighted by molar-refractivity contribution is 4.79. The first kappa shape index (κ1) is 13.9. The lowest BCUT2D eigenvalue weighted by Crippen LogP contribution is -2.41. The summed E-state index contributed by atoms with van der Waals surface area (Å²) in [6.07, 6.45) is 4.50. The molecular formula is C12H26N2O2. The Kier molecular flexibility index (Phi) is 6.28. The maximum Gasteiger partial charge on any atom is 0.0900 e. The van der Waals surface area contributed by atoms with Gasteiger partial charge in [0.2, 0.25) is 0 Å². The second kappa shape index (κ2) is 7.22. The predicted octanol–water partition coefficient (Wildman–Crippen LogP) is 0.443. The SMILES string of the molecule is COCC(O)CN(C)[C@H]1CC[C@H](CN)CC1. The average molecular weight is 230 g/mol. The van der Waals surface area contributed by atoms with Crippen LogP contribution in [-0.2, 0) is 4.74 Å². The van der Waals surface area contributed by atoms with Crippen LogP contribution in [0.3, 0.4) is 0 Å². The number of aliphatic hydroxyl groups excluding tert-OH is 1. The highest BCUT2D eigenvalue weighted by Gasteiger charge is 2.24. The van der Waals surface area contributed by atoms with Gasteiger partial charge in [-0.05, 0) is 45.2 Å². The van der Waals surface area contributed by atoms with Crippen molar-refractivity contribution in [1.29, 1.82) is 0 Å². The molecule has 16 heavy (non-hydrogen) atoms. The number of nitrogens with two attached hydrogens (primary N) is 1. The van der Waals surface area contributed by atoms with E-state index in [4.69, 9.17) is 10.5 Å². The number of likely N-dealkylation sites (N-methyl/N-ethyl adjacent to an activating group) is 1. The highest BCUT2D eigenvalue weighted by atomic mass is 16.5. The van der Waals surface area contributed by atoms with Crippen molar-refractivity contribution in [2.24, 2.45) is 11.7 Å². The molecule has 1 unspecified atom stereocenters. The zero-order chi connectivity index (χ0) is 12.0. The Morgan fingerprint density at radius 1 is 1.38 bits per heavy atom. The van der Waals surface area contributed by atoms with E-state index in [1.54, 1.807) is 7.11 Å². The molecule has 0 amide bonds. The van der Waals surface area contributed by atoms with Gasteiger partial charge in [0, 0.05) is 19.7 Å². The summed E-state index contributed by atoms with van der Waals surface area (Å²) in [5.74, 6) is 0.716. The van der Waals surface area contributed by atoms with E-state index in [9.17, 15) is 5.11 Å². The first-order chi connectivity index (χ1) is 7.67. The van der Waals surface area contributed by atoms with E-state index in [0.29, 0.717) is 25.1 Å². The number of methoxy groups -OCH3 is 1. The van der Waals surface area contributed by atoms with E-state index in [1.165, 1.54) is 25.7 Å². The van der Waals surface area contributed by atoms with Crippen LogP contribution in [0.4, 0.5) is 0 Å². The molecule has 0 saturated heterocycles. The molecule has 0 radical (unpaired) electrons. The Labute approximate surface area is 98.8 Å². The quantitative estimate of drug-likeness (QED) is 0.695. The van der Waals surface area contributed by atoms with E-state index < -0.39 is 0 Å². The number of hydrogen-bond donors (Lipinski definition) is 2. The van der Waals surface area contributed by atoms with Crippen molar-refractivity contribution in [2.75, 3.05) is 33.9 Å². The second-order valence-electron chi connectivity index (χ2n) is 4.96. The minimum atomic E-state index is -0.373. The molecule has 1 fully saturated rings. The van der Waals surface area contributed by atoms with Gasteiger partial charge in [0.25, 0.3) is 0 Å². The lowest BCUT2D eigenvalue weighted by molar-refractivity contribution is 0.0279. The van der Waals surface area contributed by atoms with Crippen LogP contribution >= 0.6 is 0 Å². The Hall–Kier alpha value is -0.160. The van der Waals surface area contributed by atoms with Crippen LogP contribution in [0.25, 0.3) is 0 Å². The molecule has 0 spiro atoms. The van der Waals surface area contributed by atoms with Gasteiger partial charge < -0.3 is 20.5 Å². The molecule has 0 aromatic heterocycles. The van der Waals surface area contributed by atoms with Crippen LogP contribution in [0.5, 0.6) is 0 Å². The molecule has 1 aliphatic carbocycles. The summed E-state index contributed by atoms with van der Waals surface area (Å²) in [4.78, 5) is 2.26. The molecule has 96 valence electrons. The fourth-order valence-electron chi connectivity index (χ4n) is 2.55. The summed E-state index contributed by atoms with van der Waals surface area (Å²) in [5.41, 5.74) is 5.67. The van der Waals surface area contributed by atoms with Gasteiger partial charge in [0.05, 0.1) is 12.7 Å². The monoisotopic (exact) mass is 230 g/mol. The predicted molar refractivity (Wildman–Crippen MR) is 65.3 cm³/mol. The Morgan fingerprint density at radius 2 is 2.00 bits per heavy atom. The standard InChI is InChI=1S/C12H26N2O2/c1-14(8-12(15)9-16-2)11-5-3-10(7-13)4-6-11/h10-12,15H,3-9,13H2,1-2H3/t10-,11-,12?. The summed E-state index contributed by atoms with van der Waals surface area (Å²) in [7, 11) is 3.71. The fourth-order valence-corrected chi connectivity index (χ4v) is 2.55. The molecule has 1 rings (SSSR count). The smallest absolute Gasteiger partial charge is 0.0900 e. The first-order valence-electron chi connectivity index (χ1n) is 6.24. The lowest BCUT2D eigenvalue weighted by atomic mass is 9.85. The first-order valence-corrected chi connectivity index (χ1v) is 6.24. The van der Waals surface area contributed by atoms with E-state index in [-0.39, 0.29) is 6.10 Å². The third-order valence-electron chi connectivity index (χ3n) is 3.63. The highest BCUT2D eigenvalue weighted by Crippen LogP contribution is 2.26. The molecule has 1 aliphatic rings. The van der Waals surface area contributed by atoms with Gasteiger partial charge in [-0.3, -0.25) is 0 Å². The van der Waals surface area contributed by atoms with Crippen LogP contribution in [-0.4, -0.2) is 56.0 Å². The van der Waals surface area contributed by atoms with Crippen molar-refractivity contribution >= 4 is 0 Å². The Morgan fingerprint density at radius 3 is 2.50 bits per heavy atom. The summed E-state index contributed by atoms with van der Waals surface area (Å²) in [5, 5.41) is 9.66. The van der Waals surface area contributed by atoms with Gasteiger partial charge >= 0.3 is 0 Å². The topological polar surface area (TPSA) is 58.7 Å². The zero-order valence-electron chi connectivity index (χ0n) is 10.6. The summed E-state index contributed by atoms with van der Waals surface area (Å²) in [6.45, 7) is 1.94. The number of hydrogen-bond acceptors (Lipinski definition) is 4. The molecule has 3 N–H and O–H groups in total. The normalized spacial score (nSPS) is 28.3. The van der Waals surface area contributed by atoms with Crippen molar-refractivity contribution < 1.29 is 9.84 Å². The number of rotatable bonds is 6. The van der Waals surface area contributed by atoms with E-state index in [0.717, 1.165) is 6.54 Å². The molecule has 0 heterocycles.